The van der Waals surface area contributed by atoms with Gasteiger partial charge >= 0.3 is 6.18 Å². The van der Waals surface area contributed by atoms with E-state index in [1.807, 2.05) is 11.8 Å². The van der Waals surface area contributed by atoms with Gasteiger partial charge in [0.25, 0.3) is 5.91 Å². The number of ether oxygens (including phenoxy) is 1. The molecule has 1 atom stereocenters. The summed E-state index contributed by atoms with van der Waals surface area (Å²) in [5.41, 5.74) is 0.371. The summed E-state index contributed by atoms with van der Waals surface area (Å²) in [6.45, 7) is 4.77. The lowest BCUT2D eigenvalue weighted by atomic mass is 10.1. The molecule has 6 nitrogen and oxygen atoms in total. The minimum Gasteiger partial charge on any atom is -0.494 e. The number of imide groups is 1. The number of piperazine rings is 1. The van der Waals surface area contributed by atoms with Gasteiger partial charge in [-0.2, -0.15) is 13.2 Å². The van der Waals surface area contributed by atoms with Crippen LogP contribution in [-0.2, 0) is 15.8 Å². The van der Waals surface area contributed by atoms with Crippen LogP contribution in [0.1, 0.15) is 25.3 Å². The predicted molar refractivity (Wildman–Crippen MR) is 117 cm³/mol. The van der Waals surface area contributed by atoms with Crippen LogP contribution < -0.4 is 19.4 Å². The molecule has 0 aromatic heterocycles. The average Bonchev–Trinajstić information content (AvgIpc) is 3.11. The zero-order valence-corrected chi connectivity index (χ0v) is 18.4. The largest absolute Gasteiger partial charge is 0.494 e. The third-order valence-corrected chi connectivity index (χ3v) is 6.15. The average molecular weight is 462 g/mol. The smallest absolute Gasteiger partial charge is 0.416 e. The van der Waals surface area contributed by atoms with Gasteiger partial charge in [-0.15, -0.1) is 0 Å². The van der Waals surface area contributed by atoms with Gasteiger partial charge in [0.2, 0.25) is 5.91 Å². The Bertz CT molecular complexity index is 1000. The first-order valence-electron chi connectivity index (χ1n) is 11.1. The van der Waals surface area contributed by atoms with Crippen LogP contribution in [0.25, 0.3) is 0 Å². The van der Waals surface area contributed by atoms with Crippen LogP contribution in [0.2, 0.25) is 0 Å². The number of alkyl halides is 3. The number of nitrogens with one attached hydrogen (secondary N) is 1. The Balaban J connectivity index is 1.39. The highest BCUT2D eigenvalue weighted by Gasteiger charge is 2.46. The second-order valence-corrected chi connectivity index (χ2v) is 8.36. The van der Waals surface area contributed by atoms with E-state index in [-0.39, 0.29) is 18.2 Å². The van der Waals surface area contributed by atoms with E-state index in [4.69, 9.17) is 4.74 Å². The van der Waals surface area contributed by atoms with E-state index in [2.05, 4.69) is 0 Å². The van der Waals surface area contributed by atoms with Crippen LogP contribution in [0.5, 0.6) is 5.75 Å². The Hall–Kier alpha value is -3.07. The molecule has 0 unspecified atom stereocenters. The topological polar surface area (TPSA) is 54.3 Å². The van der Waals surface area contributed by atoms with E-state index < -0.39 is 17.8 Å². The van der Waals surface area contributed by atoms with Gasteiger partial charge in [-0.05, 0) is 48.9 Å². The summed E-state index contributed by atoms with van der Waals surface area (Å²) < 4.78 is 44.6. The maximum absolute atomic E-state index is 13.1. The molecule has 2 aromatic carbocycles. The molecule has 2 aromatic rings. The molecule has 0 aliphatic carbocycles. The zero-order valence-electron chi connectivity index (χ0n) is 18.4. The molecule has 0 bridgehead atoms. The van der Waals surface area contributed by atoms with Gasteiger partial charge in [0.15, 0.2) is 6.04 Å². The molecule has 2 aliphatic heterocycles. The summed E-state index contributed by atoms with van der Waals surface area (Å²) in [6, 6.07) is 11.7. The molecule has 1 N–H and O–H groups in total. The molecule has 0 spiro atoms. The van der Waals surface area contributed by atoms with Crippen molar-refractivity contribution in [3.05, 3.63) is 54.1 Å². The van der Waals surface area contributed by atoms with Crippen LogP contribution >= 0.6 is 0 Å². The van der Waals surface area contributed by atoms with E-state index in [9.17, 15) is 22.8 Å². The number of anilines is 2. The highest BCUT2D eigenvalue weighted by Crippen LogP contribution is 2.31. The molecule has 2 fully saturated rings. The molecular formula is C24H27F3N3O3+. The minimum absolute atomic E-state index is 0.131. The van der Waals surface area contributed by atoms with Crippen LogP contribution in [0.15, 0.2) is 48.5 Å². The fourth-order valence-electron chi connectivity index (χ4n) is 4.41. The minimum atomic E-state index is -4.39. The first-order valence-corrected chi connectivity index (χ1v) is 11.1. The molecule has 0 radical (unpaired) electrons. The fraction of sp³-hybridized carbons (Fsp3) is 0.417. The van der Waals surface area contributed by atoms with Gasteiger partial charge in [0, 0.05) is 5.69 Å². The monoisotopic (exact) mass is 462 g/mol. The Labute approximate surface area is 190 Å². The van der Waals surface area contributed by atoms with Gasteiger partial charge in [-0.1, -0.05) is 13.0 Å². The molecule has 9 heteroatoms. The third-order valence-electron chi connectivity index (χ3n) is 6.15. The zero-order chi connectivity index (χ0) is 23.6. The van der Waals surface area contributed by atoms with Gasteiger partial charge in [-0.3, -0.25) is 9.59 Å². The molecule has 2 saturated heterocycles. The number of benzene rings is 2. The fourth-order valence-corrected chi connectivity index (χ4v) is 4.41. The Morgan fingerprint density at radius 1 is 1.03 bits per heavy atom. The van der Waals surface area contributed by atoms with E-state index in [1.54, 1.807) is 30.3 Å². The van der Waals surface area contributed by atoms with E-state index in [1.165, 1.54) is 11.0 Å². The number of halogens is 3. The van der Waals surface area contributed by atoms with Crippen molar-refractivity contribution in [1.29, 1.82) is 0 Å². The van der Waals surface area contributed by atoms with E-state index in [0.29, 0.717) is 49.9 Å². The molecule has 4 rings (SSSR count). The third kappa shape index (κ3) is 4.98. The Morgan fingerprint density at radius 3 is 2.36 bits per heavy atom. The van der Waals surface area contributed by atoms with Gasteiger partial charge in [-0.25, -0.2) is 4.90 Å². The molecule has 0 saturated carbocycles. The lowest BCUT2D eigenvalue weighted by molar-refractivity contribution is -0.915. The maximum atomic E-state index is 13.1. The lowest BCUT2D eigenvalue weighted by Crippen LogP contribution is -3.19. The second kappa shape index (κ2) is 9.43. The number of quaternary nitrogens is 1. The molecule has 33 heavy (non-hydrogen) atoms. The van der Waals surface area contributed by atoms with Crippen LogP contribution in [0.3, 0.4) is 0 Å². The number of amides is 2. The molecular weight excluding hydrogens is 435 g/mol. The summed E-state index contributed by atoms with van der Waals surface area (Å²) in [7, 11) is 0. The summed E-state index contributed by atoms with van der Waals surface area (Å²) in [5, 5.41) is 0. The summed E-state index contributed by atoms with van der Waals surface area (Å²) in [5.74, 6) is 0.220. The van der Waals surface area contributed by atoms with Crippen molar-refractivity contribution in [3.8, 4) is 5.75 Å². The van der Waals surface area contributed by atoms with E-state index >= 15 is 0 Å². The van der Waals surface area contributed by atoms with Crippen LogP contribution in [0, 0.1) is 0 Å². The Kier molecular flexibility index (Phi) is 6.60. The second-order valence-electron chi connectivity index (χ2n) is 8.36. The molecule has 2 amide bonds. The number of carbonyl (C=O) groups excluding carboxylic acids is 2. The maximum Gasteiger partial charge on any atom is 0.416 e. The highest BCUT2D eigenvalue weighted by atomic mass is 19.4. The quantitative estimate of drug-likeness (QED) is 0.671. The van der Waals surface area contributed by atoms with E-state index in [0.717, 1.165) is 23.5 Å². The SMILES string of the molecule is CCCOc1ccc(N2C(=O)C[C@@H]([NH+]3CCN(c4cccc(C(F)(F)F)c4)CC3)C2=O)cc1. The standard InChI is InChI=1S/C24H26F3N3O3/c1-2-14-33-20-8-6-18(7-9-20)30-22(31)16-21(23(30)32)29-12-10-28(11-13-29)19-5-3-4-17(15-19)24(25,26)27/h3-9,15,21H,2,10-14,16H2,1H3/p+1/t21-/m1/s1. The predicted octanol–water partition coefficient (Wildman–Crippen LogP) is 2.53. The van der Waals surface area contributed by atoms with Crippen LogP contribution in [0.4, 0.5) is 24.5 Å². The van der Waals surface area contributed by atoms with Crippen molar-refractivity contribution in [2.75, 3.05) is 42.6 Å². The van der Waals surface area contributed by atoms with Gasteiger partial charge < -0.3 is 14.5 Å². The van der Waals surface area contributed by atoms with Gasteiger partial charge in [0.05, 0.1) is 50.5 Å². The molecule has 2 aliphatic rings. The number of carbonyl (C=O) groups is 2. The van der Waals surface area contributed by atoms with Crippen molar-refractivity contribution < 1.29 is 32.4 Å². The summed E-state index contributed by atoms with van der Waals surface area (Å²) in [4.78, 5) is 29.9. The Morgan fingerprint density at radius 2 is 1.73 bits per heavy atom. The normalized spacial score (nSPS) is 19.9. The molecule has 2 heterocycles. The number of hydrogen-bond donors (Lipinski definition) is 1. The highest BCUT2D eigenvalue weighted by molar-refractivity contribution is 6.21. The summed E-state index contributed by atoms with van der Waals surface area (Å²) in [6.07, 6.45) is -3.37. The first-order chi connectivity index (χ1) is 15.8. The number of hydrogen-bond acceptors (Lipinski definition) is 4. The lowest BCUT2D eigenvalue weighted by Gasteiger charge is -2.35. The number of nitrogens with zero attached hydrogens (tertiary/aromatic N) is 2. The number of rotatable bonds is 6. The van der Waals surface area contributed by atoms with Crippen LogP contribution in [-0.4, -0.2) is 50.6 Å². The molecule has 176 valence electrons. The van der Waals surface area contributed by atoms with Crippen molar-refractivity contribution in [3.63, 3.8) is 0 Å². The van der Waals surface area contributed by atoms with Gasteiger partial charge in [0.1, 0.15) is 5.75 Å². The van der Waals surface area contributed by atoms with Crippen molar-refractivity contribution in [2.45, 2.75) is 32.0 Å². The van der Waals surface area contributed by atoms with Crippen molar-refractivity contribution >= 4 is 23.2 Å². The first kappa shape index (κ1) is 23.1. The summed E-state index contributed by atoms with van der Waals surface area (Å²) >= 11 is 0. The van der Waals surface area contributed by atoms with Crippen molar-refractivity contribution in [1.82, 2.24) is 0 Å². The van der Waals surface area contributed by atoms with Crippen molar-refractivity contribution in [2.24, 2.45) is 0 Å².